The third-order valence-electron chi connectivity index (χ3n) is 4.67. The minimum absolute atomic E-state index is 0.0497. The molecule has 2 heterocycles. The second-order valence-corrected chi connectivity index (χ2v) is 7.08. The number of nitrogens with zero attached hydrogens (tertiary/aromatic N) is 1. The number of hydrogen-bond acceptors (Lipinski definition) is 4. The molecule has 0 bridgehead atoms. The minimum atomic E-state index is -0.491. The number of amides is 2. The summed E-state index contributed by atoms with van der Waals surface area (Å²) >= 11 is 0. The van der Waals surface area contributed by atoms with Crippen molar-refractivity contribution in [2.45, 2.75) is 32.5 Å². The molecule has 0 radical (unpaired) electrons. The predicted molar refractivity (Wildman–Crippen MR) is 93.4 cm³/mol. The number of carbonyl (C=O) groups is 2. The third kappa shape index (κ3) is 4.19. The number of nitrogens with one attached hydrogen (secondary N) is 1. The second kappa shape index (κ2) is 7.54. The SMILES string of the molecule is CC(C)CNC(=O)c1cccc(C(=O)N2CCC3(CC2)OCCO3)c1. The topological polar surface area (TPSA) is 67.9 Å². The van der Waals surface area contributed by atoms with Crippen LogP contribution in [0.5, 0.6) is 0 Å². The Morgan fingerprint density at radius 3 is 2.44 bits per heavy atom. The van der Waals surface area contributed by atoms with Crippen LogP contribution in [0.25, 0.3) is 0 Å². The van der Waals surface area contributed by atoms with Gasteiger partial charge in [0.1, 0.15) is 0 Å². The molecule has 2 aliphatic rings. The van der Waals surface area contributed by atoms with E-state index in [1.807, 2.05) is 13.8 Å². The predicted octanol–water partition coefficient (Wildman–Crippen LogP) is 2.05. The van der Waals surface area contributed by atoms with Gasteiger partial charge in [0.2, 0.25) is 0 Å². The zero-order valence-corrected chi connectivity index (χ0v) is 14.9. The summed E-state index contributed by atoms with van der Waals surface area (Å²) in [6, 6.07) is 6.92. The summed E-state index contributed by atoms with van der Waals surface area (Å²) in [4.78, 5) is 26.8. The molecule has 2 fully saturated rings. The molecule has 1 aromatic rings. The summed E-state index contributed by atoms with van der Waals surface area (Å²) in [7, 11) is 0. The molecule has 3 rings (SSSR count). The van der Waals surface area contributed by atoms with E-state index in [1.165, 1.54) is 0 Å². The molecule has 2 amide bonds. The van der Waals surface area contributed by atoms with Crippen molar-refractivity contribution in [2.75, 3.05) is 32.8 Å². The molecule has 1 N–H and O–H groups in total. The van der Waals surface area contributed by atoms with Gasteiger partial charge in [0.05, 0.1) is 13.2 Å². The van der Waals surface area contributed by atoms with E-state index < -0.39 is 5.79 Å². The van der Waals surface area contributed by atoms with Gasteiger partial charge >= 0.3 is 0 Å². The Balaban J connectivity index is 1.62. The number of rotatable bonds is 4. The van der Waals surface area contributed by atoms with Crippen LogP contribution < -0.4 is 5.32 Å². The molecule has 136 valence electrons. The Morgan fingerprint density at radius 1 is 1.16 bits per heavy atom. The van der Waals surface area contributed by atoms with Gasteiger partial charge in [0.25, 0.3) is 11.8 Å². The summed E-state index contributed by atoms with van der Waals surface area (Å²) in [5.41, 5.74) is 1.06. The van der Waals surface area contributed by atoms with Crippen molar-refractivity contribution in [1.29, 1.82) is 0 Å². The Hall–Kier alpha value is -1.92. The smallest absolute Gasteiger partial charge is 0.253 e. The zero-order chi connectivity index (χ0) is 17.9. The third-order valence-corrected chi connectivity index (χ3v) is 4.67. The van der Waals surface area contributed by atoms with Gasteiger partial charge in [-0.3, -0.25) is 9.59 Å². The molecule has 1 aromatic carbocycles. The first-order valence-electron chi connectivity index (χ1n) is 8.94. The fourth-order valence-corrected chi connectivity index (χ4v) is 3.21. The molecule has 0 atom stereocenters. The largest absolute Gasteiger partial charge is 0.352 e. The van der Waals surface area contributed by atoms with Crippen LogP contribution in [0.1, 0.15) is 47.4 Å². The van der Waals surface area contributed by atoms with Gasteiger partial charge < -0.3 is 19.7 Å². The highest BCUT2D eigenvalue weighted by Crippen LogP contribution is 2.31. The quantitative estimate of drug-likeness (QED) is 0.906. The average molecular weight is 346 g/mol. The van der Waals surface area contributed by atoms with Crippen molar-refractivity contribution in [1.82, 2.24) is 10.2 Å². The van der Waals surface area contributed by atoms with E-state index in [9.17, 15) is 9.59 Å². The lowest BCUT2D eigenvalue weighted by atomic mass is 10.0. The normalized spacial score (nSPS) is 19.4. The average Bonchev–Trinajstić information content (AvgIpc) is 3.08. The van der Waals surface area contributed by atoms with E-state index in [4.69, 9.17) is 9.47 Å². The monoisotopic (exact) mass is 346 g/mol. The maximum atomic E-state index is 12.8. The minimum Gasteiger partial charge on any atom is -0.352 e. The van der Waals surface area contributed by atoms with Crippen LogP contribution in [0, 0.1) is 5.92 Å². The number of ether oxygens (including phenoxy) is 2. The van der Waals surface area contributed by atoms with Crippen molar-refractivity contribution >= 4 is 11.8 Å². The Bertz CT molecular complexity index is 628. The van der Waals surface area contributed by atoms with E-state index in [2.05, 4.69) is 5.32 Å². The molecule has 0 saturated carbocycles. The van der Waals surface area contributed by atoms with Gasteiger partial charge in [0, 0.05) is 43.6 Å². The number of carbonyl (C=O) groups excluding carboxylic acids is 2. The summed E-state index contributed by atoms with van der Waals surface area (Å²) in [6.45, 7) is 7.15. The lowest BCUT2D eigenvalue weighted by molar-refractivity contribution is -0.181. The van der Waals surface area contributed by atoms with E-state index >= 15 is 0 Å². The molecular formula is C19H26N2O4. The molecule has 2 saturated heterocycles. The Morgan fingerprint density at radius 2 is 1.80 bits per heavy atom. The summed E-state index contributed by atoms with van der Waals surface area (Å²) in [5, 5.41) is 2.88. The van der Waals surface area contributed by atoms with Crippen molar-refractivity contribution in [2.24, 2.45) is 5.92 Å². The van der Waals surface area contributed by atoms with Crippen LogP contribution in [-0.2, 0) is 9.47 Å². The maximum Gasteiger partial charge on any atom is 0.253 e. The van der Waals surface area contributed by atoms with Crippen molar-refractivity contribution < 1.29 is 19.1 Å². The lowest BCUT2D eigenvalue weighted by Crippen LogP contribution is -2.47. The van der Waals surface area contributed by atoms with Crippen LogP contribution in [0.4, 0.5) is 0 Å². The number of piperidine rings is 1. The van der Waals surface area contributed by atoms with E-state index in [0.29, 0.717) is 62.7 Å². The van der Waals surface area contributed by atoms with Crippen LogP contribution in [0.3, 0.4) is 0 Å². The van der Waals surface area contributed by atoms with E-state index in [-0.39, 0.29) is 11.8 Å². The lowest BCUT2D eigenvalue weighted by Gasteiger charge is -2.37. The van der Waals surface area contributed by atoms with Crippen molar-refractivity contribution in [3.05, 3.63) is 35.4 Å². The van der Waals surface area contributed by atoms with E-state index in [1.54, 1.807) is 29.2 Å². The van der Waals surface area contributed by atoms with Crippen LogP contribution in [-0.4, -0.2) is 55.3 Å². The number of hydrogen-bond donors (Lipinski definition) is 1. The molecule has 25 heavy (non-hydrogen) atoms. The van der Waals surface area contributed by atoms with Crippen LogP contribution in [0.2, 0.25) is 0 Å². The molecule has 6 heteroatoms. The highest BCUT2D eigenvalue weighted by atomic mass is 16.7. The summed E-state index contributed by atoms with van der Waals surface area (Å²) < 4.78 is 11.4. The van der Waals surface area contributed by atoms with Gasteiger partial charge in [-0.05, 0) is 24.1 Å². The van der Waals surface area contributed by atoms with Gasteiger partial charge in [0.15, 0.2) is 5.79 Å². The molecular weight excluding hydrogens is 320 g/mol. The zero-order valence-electron chi connectivity index (χ0n) is 14.9. The Kier molecular flexibility index (Phi) is 5.39. The molecule has 2 aliphatic heterocycles. The second-order valence-electron chi connectivity index (χ2n) is 7.08. The number of likely N-dealkylation sites (tertiary alicyclic amines) is 1. The molecule has 1 spiro atoms. The summed E-state index contributed by atoms with van der Waals surface area (Å²) in [5.74, 6) is -0.301. The van der Waals surface area contributed by atoms with Crippen LogP contribution in [0.15, 0.2) is 24.3 Å². The van der Waals surface area contributed by atoms with Crippen molar-refractivity contribution in [3.63, 3.8) is 0 Å². The highest BCUT2D eigenvalue weighted by molar-refractivity contribution is 5.99. The van der Waals surface area contributed by atoms with Gasteiger partial charge in [-0.15, -0.1) is 0 Å². The van der Waals surface area contributed by atoms with Gasteiger partial charge in [-0.1, -0.05) is 19.9 Å². The van der Waals surface area contributed by atoms with E-state index in [0.717, 1.165) is 0 Å². The standard InChI is InChI=1S/C19H26N2O4/c1-14(2)13-20-17(22)15-4-3-5-16(12-15)18(23)21-8-6-19(7-9-21)24-10-11-25-19/h3-5,12,14H,6-11,13H2,1-2H3,(H,20,22). The number of benzene rings is 1. The molecule has 0 unspecified atom stereocenters. The molecule has 6 nitrogen and oxygen atoms in total. The first-order valence-corrected chi connectivity index (χ1v) is 8.94. The Labute approximate surface area is 148 Å². The highest BCUT2D eigenvalue weighted by Gasteiger charge is 2.40. The fourth-order valence-electron chi connectivity index (χ4n) is 3.21. The van der Waals surface area contributed by atoms with Crippen LogP contribution >= 0.6 is 0 Å². The first-order chi connectivity index (χ1) is 12.0. The maximum absolute atomic E-state index is 12.8. The first kappa shape index (κ1) is 17.9. The molecule has 0 aromatic heterocycles. The van der Waals surface area contributed by atoms with Gasteiger partial charge in [-0.2, -0.15) is 0 Å². The summed E-state index contributed by atoms with van der Waals surface area (Å²) in [6.07, 6.45) is 1.38. The van der Waals surface area contributed by atoms with Gasteiger partial charge in [-0.25, -0.2) is 0 Å². The molecule has 0 aliphatic carbocycles. The van der Waals surface area contributed by atoms with Crippen molar-refractivity contribution in [3.8, 4) is 0 Å². The fraction of sp³-hybridized carbons (Fsp3) is 0.579.